The van der Waals surface area contributed by atoms with E-state index in [-0.39, 0.29) is 25.0 Å². The van der Waals surface area contributed by atoms with E-state index in [1.165, 1.54) is 16.7 Å². The summed E-state index contributed by atoms with van der Waals surface area (Å²) in [7, 11) is 0. The molecule has 0 fully saturated rings. The predicted octanol–water partition coefficient (Wildman–Crippen LogP) is 6.95. The lowest BCUT2D eigenvalue weighted by Gasteiger charge is -2.27. The van der Waals surface area contributed by atoms with Crippen molar-refractivity contribution in [3.63, 3.8) is 0 Å². The Morgan fingerprint density at radius 3 is 2.36 bits per heavy atom. The molecule has 1 N–H and O–H groups in total. The second-order valence-electron chi connectivity index (χ2n) is 10.9. The highest BCUT2D eigenvalue weighted by Gasteiger charge is 2.45. The molecule has 1 unspecified atom stereocenters. The van der Waals surface area contributed by atoms with Crippen LogP contribution in [0.2, 0.25) is 0 Å². The van der Waals surface area contributed by atoms with E-state index >= 15 is 0 Å². The van der Waals surface area contributed by atoms with Gasteiger partial charge in [-0.05, 0) is 86.1 Å². The molecular weight excluding hydrogens is 450 g/mol. The Labute approximate surface area is 213 Å². The maximum Gasteiger partial charge on any atom is 0.231 e. The van der Waals surface area contributed by atoms with Crippen LogP contribution in [0.1, 0.15) is 78.5 Å². The van der Waals surface area contributed by atoms with Gasteiger partial charge in [-0.15, -0.1) is 0 Å². The standard InChI is InChI=1S/C31H35NO4/c1-17(2)22-9-11-23(12-10-22)28-27-20(5)29(18(3)19(4)30(27)36-31(28,6)7)32-26(33)15-21-8-13-24-25(14-21)35-16-34-24/h8-14,17,28H,15-16H2,1-7H3,(H,32,33). The van der Waals surface area contributed by atoms with Gasteiger partial charge in [-0.3, -0.25) is 4.79 Å². The second-order valence-corrected chi connectivity index (χ2v) is 10.9. The van der Waals surface area contributed by atoms with E-state index in [0.29, 0.717) is 11.7 Å². The van der Waals surface area contributed by atoms with E-state index in [9.17, 15) is 4.79 Å². The van der Waals surface area contributed by atoms with Gasteiger partial charge in [0.2, 0.25) is 12.7 Å². The van der Waals surface area contributed by atoms with E-state index in [4.69, 9.17) is 14.2 Å². The molecule has 0 aliphatic carbocycles. The summed E-state index contributed by atoms with van der Waals surface area (Å²) in [5, 5.41) is 3.22. The molecule has 0 aromatic heterocycles. The number of fused-ring (bicyclic) bond motifs is 2. The highest BCUT2D eigenvalue weighted by atomic mass is 16.7. The number of carbonyl (C=O) groups is 1. The van der Waals surface area contributed by atoms with E-state index in [2.05, 4.69) is 78.0 Å². The number of benzene rings is 3. The molecule has 2 aliphatic heterocycles. The van der Waals surface area contributed by atoms with Gasteiger partial charge >= 0.3 is 0 Å². The molecular formula is C31H35NO4. The van der Waals surface area contributed by atoms with Crippen molar-refractivity contribution in [2.24, 2.45) is 0 Å². The van der Waals surface area contributed by atoms with Gasteiger partial charge < -0.3 is 19.5 Å². The molecule has 0 spiro atoms. The number of ether oxygens (including phenoxy) is 3. The molecule has 0 radical (unpaired) electrons. The van der Waals surface area contributed by atoms with Gasteiger partial charge in [0.05, 0.1) is 12.3 Å². The lowest BCUT2D eigenvalue weighted by Crippen LogP contribution is -2.31. The quantitative estimate of drug-likeness (QED) is 0.425. The van der Waals surface area contributed by atoms with Gasteiger partial charge in [0.1, 0.15) is 11.4 Å². The van der Waals surface area contributed by atoms with Crippen LogP contribution in [0.15, 0.2) is 42.5 Å². The molecule has 3 aromatic rings. The van der Waals surface area contributed by atoms with Gasteiger partial charge in [0.25, 0.3) is 0 Å². The Morgan fingerprint density at radius 2 is 1.67 bits per heavy atom. The summed E-state index contributed by atoms with van der Waals surface area (Å²) < 4.78 is 17.4. The fourth-order valence-corrected chi connectivity index (χ4v) is 5.54. The highest BCUT2D eigenvalue weighted by Crippen LogP contribution is 2.53. The van der Waals surface area contributed by atoms with Crippen LogP contribution in [-0.4, -0.2) is 18.3 Å². The number of nitrogens with one attached hydrogen (secondary N) is 1. The lowest BCUT2D eigenvalue weighted by atomic mass is 9.78. The Bertz CT molecular complexity index is 1340. The smallest absolute Gasteiger partial charge is 0.231 e. The highest BCUT2D eigenvalue weighted by molar-refractivity contribution is 5.95. The van der Waals surface area contributed by atoms with Crippen molar-refractivity contribution >= 4 is 11.6 Å². The number of anilines is 1. The molecule has 0 saturated heterocycles. The van der Waals surface area contributed by atoms with Crippen molar-refractivity contribution in [1.29, 1.82) is 0 Å². The van der Waals surface area contributed by atoms with Crippen molar-refractivity contribution in [3.05, 3.63) is 81.4 Å². The summed E-state index contributed by atoms with van der Waals surface area (Å²) in [6.45, 7) is 15.2. The first-order chi connectivity index (χ1) is 17.1. The van der Waals surface area contributed by atoms with Crippen molar-refractivity contribution < 1.29 is 19.0 Å². The fourth-order valence-electron chi connectivity index (χ4n) is 5.54. The average molecular weight is 486 g/mol. The average Bonchev–Trinajstić information content (AvgIpc) is 3.41. The number of hydrogen-bond acceptors (Lipinski definition) is 4. The molecule has 1 amide bonds. The number of rotatable bonds is 5. The Kier molecular flexibility index (Phi) is 5.98. The first-order valence-electron chi connectivity index (χ1n) is 12.7. The summed E-state index contributed by atoms with van der Waals surface area (Å²) in [6.07, 6.45) is 0.258. The number of hydrogen-bond donors (Lipinski definition) is 1. The summed E-state index contributed by atoms with van der Waals surface area (Å²) in [5.41, 5.74) is 8.25. The lowest BCUT2D eigenvalue weighted by molar-refractivity contribution is -0.115. The monoisotopic (exact) mass is 485 g/mol. The third-order valence-electron chi connectivity index (χ3n) is 7.65. The van der Waals surface area contributed by atoms with E-state index in [1.54, 1.807) is 0 Å². The molecule has 0 saturated carbocycles. The van der Waals surface area contributed by atoms with Gasteiger partial charge in [-0.25, -0.2) is 0 Å². The maximum absolute atomic E-state index is 13.2. The van der Waals surface area contributed by atoms with Crippen LogP contribution in [-0.2, 0) is 11.2 Å². The maximum atomic E-state index is 13.2. The predicted molar refractivity (Wildman–Crippen MR) is 143 cm³/mol. The number of amides is 1. The Morgan fingerprint density at radius 1 is 0.972 bits per heavy atom. The number of carbonyl (C=O) groups excluding carboxylic acids is 1. The molecule has 2 heterocycles. The normalized spacial score (nSPS) is 17.2. The van der Waals surface area contributed by atoms with Gasteiger partial charge in [-0.2, -0.15) is 0 Å². The fraction of sp³-hybridized carbons (Fsp3) is 0.387. The molecule has 2 aliphatic rings. The molecule has 5 nitrogen and oxygen atoms in total. The largest absolute Gasteiger partial charge is 0.486 e. The minimum Gasteiger partial charge on any atom is -0.486 e. The molecule has 3 aromatic carbocycles. The summed E-state index contributed by atoms with van der Waals surface area (Å²) in [4.78, 5) is 13.2. The third kappa shape index (κ3) is 4.11. The Balaban J connectivity index is 1.49. The van der Waals surface area contributed by atoms with E-state index in [0.717, 1.165) is 39.4 Å². The minimum absolute atomic E-state index is 0.0598. The zero-order valence-electron chi connectivity index (χ0n) is 22.2. The first-order valence-corrected chi connectivity index (χ1v) is 12.7. The van der Waals surface area contributed by atoms with Crippen LogP contribution >= 0.6 is 0 Å². The third-order valence-corrected chi connectivity index (χ3v) is 7.65. The SMILES string of the molecule is Cc1c(C)c2c(c(C)c1NC(=O)Cc1ccc3c(c1)OCO3)C(c1ccc(C(C)C)cc1)C(C)(C)O2. The zero-order chi connectivity index (χ0) is 25.8. The van der Waals surface area contributed by atoms with Crippen molar-refractivity contribution in [2.45, 2.75) is 72.3 Å². The van der Waals surface area contributed by atoms with Crippen molar-refractivity contribution in [3.8, 4) is 17.2 Å². The van der Waals surface area contributed by atoms with Crippen LogP contribution in [0.5, 0.6) is 17.2 Å². The molecule has 188 valence electrons. The van der Waals surface area contributed by atoms with Gasteiger partial charge in [-0.1, -0.05) is 44.2 Å². The molecule has 1 atom stereocenters. The zero-order valence-corrected chi connectivity index (χ0v) is 22.2. The first kappa shape index (κ1) is 24.2. The molecule has 5 rings (SSSR count). The summed E-state index contributed by atoms with van der Waals surface area (Å²) >= 11 is 0. The van der Waals surface area contributed by atoms with Crippen molar-refractivity contribution in [1.82, 2.24) is 0 Å². The van der Waals surface area contributed by atoms with Crippen molar-refractivity contribution in [2.75, 3.05) is 12.1 Å². The van der Waals surface area contributed by atoms with Crippen LogP contribution < -0.4 is 19.5 Å². The van der Waals surface area contributed by atoms with E-state index in [1.807, 2.05) is 18.2 Å². The van der Waals surface area contributed by atoms with Crippen LogP contribution in [0.25, 0.3) is 0 Å². The van der Waals surface area contributed by atoms with Crippen LogP contribution in [0.4, 0.5) is 5.69 Å². The molecule has 36 heavy (non-hydrogen) atoms. The van der Waals surface area contributed by atoms with Crippen LogP contribution in [0.3, 0.4) is 0 Å². The molecule has 0 bridgehead atoms. The van der Waals surface area contributed by atoms with Gasteiger partial charge in [0.15, 0.2) is 11.5 Å². The van der Waals surface area contributed by atoms with Crippen LogP contribution in [0, 0.1) is 20.8 Å². The summed E-state index contributed by atoms with van der Waals surface area (Å²) in [6, 6.07) is 14.5. The van der Waals surface area contributed by atoms with Gasteiger partial charge in [0, 0.05) is 11.3 Å². The second kappa shape index (κ2) is 8.88. The topological polar surface area (TPSA) is 56.8 Å². The molecule has 5 heteroatoms. The summed E-state index contributed by atoms with van der Waals surface area (Å²) in [5.74, 6) is 2.84. The Hall–Kier alpha value is -3.47. The minimum atomic E-state index is -0.404. The van der Waals surface area contributed by atoms with E-state index < -0.39 is 5.60 Å².